The van der Waals surface area contributed by atoms with E-state index in [-0.39, 0.29) is 11.5 Å². The fraction of sp³-hybridized carbons (Fsp3) is 0.300. The molecular formula is C10H13NO3. The zero-order valence-corrected chi connectivity index (χ0v) is 8.19. The summed E-state index contributed by atoms with van der Waals surface area (Å²) < 4.78 is 0. The number of nitrogens with zero attached hydrogens (tertiary/aromatic N) is 1. The first kappa shape index (κ1) is 10.4. The Balaban J connectivity index is 3.06. The van der Waals surface area contributed by atoms with Crippen LogP contribution < -0.4 is 0 Å². The zero-order valence-electron chi connectivity index (χ0n) is 8.19. The molecule has 1 aromatic carbocycles. The lowest BCUT2D eigenvalue weighted by Crippen LogP contribution is -1.99. The van der Waals surface area contributed by atoms with Crippen LogP contribution >= 0.6 is 0 Å². The molecule has 0 aliphatic carbocycles. The molecule has 0 radical (unpaired) electrons. The SMILES string of the molecule is CCC(=NOC)c1ccc(O)c(O)c1. The van der Waals surface area contributed by atoms with Gasteiger partial charge in [-0.15, -0.1) is 0 Å². The summed E-state index contributed by atoms with van der Waals surface area (Å²) in [7, 11) is 1.47. The van der Waals surface area contributed by atoms with Gasteiger partial charge in [-0.05, 0) is 24.6 Å². The maximum absolute atomic E-state index is 9.27. The first-order valence-electron chi connectivity index (χ1n) is 4.31. The molecule has 4 nitrogen and oxygen atoms in total. The van der Waals surface area contributed by atoms with Crippen molar-refractivity contribution >= 4 is 5.71 Å². The van der Waals surface area contributed by atoms with Gasteiger partial charge in [0.2, 0.25) is 0 Å². The summed E-state index contributed by atoms with van der Waals surface area (Å²) >= 11 is 0. The van der Waals surface area contributed by atoms with Gasteiger partial charge in [0.25, 0.3) is 0 Å². The van der Waals surface area contributed by atoms with Crippen molar-refractivity contribution in [3.8, 4) is 11.5 Å². The number of rotatable bonds is 3. The van der Waals surface area contributed by atoms with Gasteiger partial charge in [-0.2, -0.15) is 0 Å². The molecule has 0 unspecified atom stereocenters. The van der Waals surface area contributed by atoms with Gasteiger partial charge < -0.3 is 15.1 Å². The second-order valence-electron chi connectivity index (χ2n) is 2.78. The van der Waals surface area contributed by atoms with E-state index in [4.69, 9.17) is 5.11 Å². The number of oxime groups is 1. The van der Waals surface area contributed by atoms with Crippen LogP contribution in [0.15, 0.2) is 23.4 Å². The summed E-state index contributed by atoms with van der Waals surface area (Å²) in [5, 5.41) is 22.2. The van der Waals surface area contributed by atoms with Gasteiger partial charge >= 0.3 is 0 Å². The summed E-state index contributed by atoms with van der Waals surface area (Å²) in [4.78, 5) is 4.66. The maximum Gasteiger partial charge on any atom is 0.158 e. The normalized spacial score (nSPS) is 11.4. The van der Waals surface area contributed by atoms with Crippen LogP contribution in [0.3, 0.4) is 0 Å². The van der Waals surface area contributed by atoms with E-state index in [1.807, 2.05) is 6.92 Å². The molecule has 76 valence electrons. The Morgan fingerprint density at radius 2 is 2.07 bits per heavy atom. The van der Waals surface area contributed by atoms with E-state index in [0.29, 0.717) is 6.42 Å². The standard InChI is InChI=1S/C10H13NO3/c1-3-8(11-14-2)7-4-5-9(12)10(13)6-7/h4-6,12-13H,3H2,1-2H3. The third-order valence-electron chi connectivity index (χ3n) is 1.85. The van der Waals surface area contributed by atoms with Crippen LogP contribution in [-0.2, 0) is 4.84 Å². The molecule has 4 heteroatoms. The van der Waals surface area contributed by atoms with Crippen molar-refractivity contribution in [2.45, 2.75) is 13.3 Å². The van der Waals surface area contributed by atoms with Crippen molar-refractivity contribution in [3.63, 3.8) is 0 Å². The minimum Gasteiger partial charge on any atom is -0.504 e. The number of phenols is 2. The van der Waals surface area contributed by atoms with Gasteiger partial charge in [0, 0.05) is 5.56 Å². The number of phenolic OH excluding ortho intramolecular Hbond substituents is 2. The van der Waals surface area contributed by atoms with Crippen molar-refractivity contribution in [1.82, 2.24) is 0 Å². The molecule has 0 bridgehead atoms. The molecule has 14 heavy (non-hydrogen) atoms. The summed E-state index contributed by atoms with van der Waals surface area (Å²) in [5.41, 5.74) is 1.47. The van der Waals surface area contributed by atoms with Crippen molar-refractivity contribution in [2.75, 3.05) is 7.11 Å². The van der Waals surface area contributed by atoms with Crippen LogP contribution in [0.1, 0.15) is 18.9 Å². The maximum atomic E-state index is 9.27. The highest BCUT2D eigenvalue weighted by molar-refractivity contribution is 6.00. The predicted octanol–water partition coefficient (Wildman–Crippen LogP) is 1.86. The Morgan fingerprint density at radius 1 is 1.36 bits per heavy atom. The molecule has 0 aliphatic heterocycles. The zero-order chi connectivity index (χ0) is 10.6. The van der Waals surface area contributed by atoms with Gasteiger partial charge in [-0.1, -0.05) is 12.1 Å². The number of hydrogen-bond donors (Lipinski definition) is 2. The summed E-state index contributed by atoms with van der Waals surface area (Å²) in [6, 6.07) is 4.55. The van der Waals surface area contributed by atoms with Crippen LogP contribution in [-0.4, -0.2) is 23.0 Å². The van der Waals surface area contributed by atoms with Gasteiger partial charge in [-0.25, -0.2) is 0 Å². The Labute approximate surface area is 82.4 Å². The second kappa shape index (κ2) is 4.50. The Morgan fingerprint density at radius 3 is 2.57 bits per heavy atom. The van der Waals surface area contributed by atoms with Gasteiger partial charge in [0.15, 0.2) is 11.5 Å². The predicted molar refractivity (Wildman–Crippen MR) is 53.6 cm³/mol. The molecule has 0 fully saturated rings. The lowest BCUT2D eigenvalue weighted by Gasteiger charge is -2.04. The smallest absolute Gasteiger partial charge is 0.158 e. The fourth-order valence-electron chi connectivity index (χ4n) is 1.13. The van der Waals surface area contributed by atoms with E-state index in [1.165, 1.54) is 19.2 Å². The second-order valence-corrected chi connectivity index (χ2v) is 2.78. The minimum absolute atomic E-state index is 0.137. The molecule has 1 aromatic rings. The van der Waals surface area contributed by atoms with E-state index in [0.717, 1.165) is 11.3 Å². The molecule has 2 N–H and O–H groups in total. The Kier molecular flexibility index (Phi) is 3.34. The molecule has 0 saturated carbocycles. The largest absolute Gasteiger partial charge is 0.504 e. The number of benzene rings is 1. The average Bonchev–Trinajstić information content (AvgIpc) is 2.19. The molecule has 0 saturated heterocycles. The monoisotopic (exact) mass is 195 g/mol. The van der Waals surface area contributed by atoms with Crippen LogP contribution in [0.25, 0.3) is 0 Å². The topological polar surface area (TPSA) is 62.0 Å². The number of hydrogen-bond acceptors (Lipinski definition) is 4. The van der Waals surface area contributed by atoms with Crippen molar-refractivity contribution in [2.24, 2.45) is 5.16 Å². The van der Waals surface area contributed by atoms with Crippen molar-refractivity contribution in [3.05, 3.63) is 23.8 Å². The van der Waals surface area contributed by atoms with Gasteiger partial charge in [0.1, 0.15) is 7.11 Å². The quantitative estimate of drug-likeness (QED) is 0.439. The fourth-order valence-corrected chi connectivity index (χ4v) is 1.13. The summed E-state index contributed by atoms with van der Waals surface area (Å²) in [5.74, 6) is -0.290. The minimum atomic E-state index is -0.153. The highest BCUT2D eigenvalue weighted by Gasteiger charge is 2.05. The molecule has 0 spiro atoms. The Hall–Kier alpha value is -1.71. The third-order valence-corrected chi connectivity index (χ3v) is 1.85. The summed E-state index contributed by atoms with van der Waals surface area (Å²) in [6.07, 6.45) is 0.693. The molecule has 0 atom stereocenters. The van der Waals surface area contributed by atoms with Crippen molar-refractivity contribution in [1.29, 1.82) is 0 Å². The molecule has 0 heterocycles. The van der Waals surface area contributed by atoms with E-state index >= 15 is 0 Å². The van der Waals surface area contributed by atoms with E-state index in [2.05, 4.69) is 9.99 Å². The van der Waals surface area contributed by atoms with Crippen molar-refractivity contribution < 1.29 is 15.1 Å². The molecule has 1 rings (SSSR count). The molecule has 0 amide bonds. The average molecular weight is 195 g/mol. The van der Waals surface area contributed by atoms with E-state index < -0.39 is 0 Å². The first-order valence-corrected chi connectivity index (χ1v) is 4.31. The Bertz CT molecular complexity index is 347. The van der Waals surface area contributed by atoms with E-state index in [9.17, 15) is 5.11 Å². The van der Waals surface area contributed by atoms with Crippen LogP contribution in [0.4, 0.5) is 0 Å². The molecular weight excluding hydrogens is 182 g/mol. The number of aromatic hydroxyl groups is 2. The van der Waals surface area contributed by atoms with Crippen LogP contribution in [0.5, 0.6) is 11.5 Å². The first-order chi connectivity index (χ1) is 6.69. The lowest BCUT2D eigenvalue weighted by molar-refractivity contribution is 0.213. The summed E-state index contributed by atoms with van der Waals surface area (Å²) in [6.45, 7) is 1.93. The van der Waals surface area contributed by atoms with Crippen LogP contribution in [0, 0.1) is 0 Å². The highest BCUT2D eigenvalue weighted by Crippen LogP contribution is 2.25. The third kappa shape index (κ3) is 2.16. The molecule has 0 aliphatic rings. The van der Waals surface area contributed by atoms with E-state index in [1.54, 1.807) is 6.07 Å². The lowest BCUT2D eigenvalue weighted by atomic mass is 10.1. The van der Waals surface area contributed by atoms with Gasteiger partial charge in [-0.3, -0.25) is 0 Å². The highest BCUT2D eigenvalue weighted by atomic mass is 16.6. The van der Waals surface area contributed by atoms with Gasteiger partial charge in [0.05, 0.1) is 5.71 Å². The molecule has 0 aromatic heterocycles. The van der Waals surface area contributed by atoms with Crippen LogP contribution in [0.2, 0.25) is 0 Å².